The molecule has 2 N–H and O–H groups in total. The molecular weight excluding hydrogens is 206 g/mol. The van der Waals surface area contributed by atoms with Gasteiger partial charge < -0.3 is 5.73 Å². The van der Waals surface area contributed by atoms with E-state index in [0.29, 0.717) is 0 Å². The maximum atomic E-state index is 6.23. The molecule has 0 aromatic heterocycles. The minimum Gasteiger partial charge on any atom is -0.398 e. The Bertz CT molecular complexity index is 424. The van der Waals surface area contributed by atoms with Crippen molar-refractivity contribution in [2.45, 2.75) is 51.4 Å². The zero-order valence-electron chi connectivity index (χ0n) is 10.9. The SMILES string of the molecule is CCC1C2CCC(c3c(N)cccc32)C1CC. The van der Waals surface area contributed by atoms with Crippen LogP contribution in [0.4, 0.5) is 5.69 Å². The Kier molecular flexibility index (Phi) is 2.65. The van der Waals surface area contributed by atoms with E-state index in [-0.39, 0.29) is 0 Å². The number of hydrogen-bond donors (Lipinski definition) is 1. The minimum absolute atomic E-state index is 0.742. The molecule has 2 bridgehead atoms. The number of benzene rings is 1. The molecular formula is C16H23N. The van der Waals surface area contributed by atoms with Gasteiger partial charge in [-0.2, -0.15) is 0 Å². The average Bonchev–Trinajstić information content (AvgIpc) is 2.38. The number of anilines is 1. The van der Waals surface area contributed by atoms with Crippen LogP contribution in [0.1, 0.15) is 62.5 Å². The quantitative estimate of drug-likeness (QED) is 0.752. The van der Waals surface area contributed by atoms with E-state index in [1.54, 1.807) is 5.56 Å². The third kappa shape index (κ3) is 1.44. The first-order valence-corrected chi connectivity index (χ1v) is 7.16. The van der Waals surface area contributed by atoms with Crippen molar-refractivity contribution < 1.29 is 0 Å². The fourth-order valence-electron chi connectivity index (χ4n) is 4.66. The van der Waals surface area contributed by atoms with E-state index >= 15 is 0 Å². The van der Waals surface area contributed by atoms with Gasteiger partial charge in [-0.05, 0) is 53.7 Å². The van der Waals surface area contributed by atoms with Gasteiger partial charge in [-0.3, -0.25) is 0 Å². The topological polar surface area (TPSA) is 26.0 Å². The van der Waals surface area contributed by atoms with Crippen LogP contribution < -0.4 is 5.73 Å². The zero-order chi connectivity index (χ0) is 12.0. The Balaban J connectivity index is 2.14. The van der Waals surface area contributed by atoms with Crippen LogP contribution in [0.3, 0.4) is 0 Å². The second-order valence-electron chi connectivity index (χ2n) is 5.78. The maximum Gasteiger partial charge on any atom is 0.0352 e. The molecule has 1 aromatic rings. The molecule has 17 heavy (non-hydrogen) atoms. The van der Waals surface area contributed by atoms with Gasteiger partial charge in [0, 0.05) is 5.69 Å². The van der Waals surface area contributed by atoms with Gasteiger partial charge >= 0.3 is 0 Å². The molecule has 4 unspecified atom stereocenters. The molecule has 1 fully saturated rings. The Labute approximate surface area is 104 Å². The van der Waals surface area contributed by atoms with Crippen LogP contribution in [0.15, 0.2) is 18.2 Å². The lowest BCUT2D eigenvalue weighted by Gasteiger charge is -2.50. The van der Waals surface area contributed by atoms with Crippen molar-refractivity contribution in [1.82, 2.24) is 0 Å². The fraction of sp³-hybridized carbons (Fsp3) is 0.625. The van der Waals surface area contributed by atoms with E-state index in [4.69, 9.17) is 5.73 Å². The van der Waals surface area contributed by atoms with Crippen LogP contribution in [-0.2, 0) is 0 Å². The van der Waals surface area contributed by atoms with Crippen molar-refractivity contribution in [2.75, 3.05) is 5.73 Å². The molecule has 0 amide bonds. The van der Waals surface area contributed by atoms with Crippen LogP contribution in [0, 0.1) is 11.8 Å². The first kappa shape index (κ1) is 11.1. The molecule has 0 radical (unpaired) electrons. The summed E-state index contributed by atoms with van der Waals surface area (Å²) in [5.74, 6) is 3.29. The summed E-state index contributed by atoms with van der Waals surface area (Å²) in [7, 11) is 0. The van der Waals surface area contributed by atoms with E-state index in [9.17, 15) is 0 Å². The van der Waals surface area contributed by atoms with Gasteiger partial charge in [0.05, 0.1) is 0 Å². The lowest BCUT2D eigenvalue weighted by Crippen LogP contribution is -2.38. The highest BCUT2D eigenvalue weighted by molar-refractivity contribution is 5.57. The molecule has 4 rings (SSSR count). The Morgan fingerprint density at radius 1 is 1.06 bits per heavy atom. The van der Waals surface area contributed by atoms with Crippen LogP contribution in [0.2, 0.25) is 0 Å². The van der Waals surface area contributed by atoms with E-state index in [0.717, 1.165) is 29.4 Å². The van der Waals surface area contributed by atoms with Crippen molar-refractivity contribution in [2.24, 2.45) is 11.8 Å². The summed E-state index contributed by atoms with van der Waals surface area (Å²) in [5, 5.41) is 0. The second kappa shape index (κ2) is 4.04. The molecule has 1 heteroatoms. The number of fused-ring (bicyclic) bond motifs is 2. The minimum atomic E-state index is 0.742. The van der Waals surface area contributed by atoms with E-state index in [1.165, 1.54) is 31.2 Å². The lowest BCUT2D eigenvalue weighted by atomic mass is 9.55. The van der Waals surface area contributed by atoms with Crippen LogP contribution in [0.5, 0.6) is 0 Å². The molecule has 92 valence electrons. The van der Waals surface area contributed by atoms with Gasteiger partial charge in [-0.15, -0.1) is 0 Å². The van der Waals surface area contributed by atoms with Gasteiger partial charge in [0.25, 0.3) is 0 Å². The largest absolute Gasteiger partial charge is 0.398 e. The zero-order valence-corrected chi connectivity index (χ0v) is 10.9. The van der Waals surface area contributed by atoms with E-state index < -0.39 is 0 Å². The van der Waals surface area contributed by atoms with Crippen LogP contribution >= 0.6 is 0 Å². The number of nitrogens with two attached hydrogens (primary N) is 1. The smallest absolute Gasteiger partial charge is 0.0352 e. The van der Waals surface area contributed by atoms with Crippen molar-refractivity contribution in [3.63, 3.8) is 0 Å². The van der Waals surface area contributed by atoms with E-state index in [1.807, 2.05) is 0 Å². The predicted octanol–water partition coefficient (Wildman–Crippen LogP) is 4.30. The summed E-state index contributed by atoms with van der Waals surface area (Å²) in [6.45, 7) is 4.72. The highest BCUT2D eigenvalue weighted by atomic mass is 14.6. The van der Waals surface area contributed by atoms with Gasteiger partial charge in [0.1, 0.15) is 0 Å². The lowest BCUT2D eigenvalue weighted by molar-refractivity contribution is 0.140. The Morgan fingerprint density at radius 3 is 2.41 bits per heavy atom. The Hall–Kier alpha value is -0.980. The van der Waals surface area contributed by atoms with E-state index in [2.05, 4.69) is 32.0 Å². The summed E-state index contributed by atoms with van der Waals surface area (Å²) >= 11 is 0. The standard InChI is InChI=1S/C16H23N/c1-3-10-11(4-2)14-9-8-12(10)13-6-5-7-15(17)16(13)14/h5-7,10-12,14H,3-4,8-9,17H2,1-2H3. The summed E-state index contributed by atoms with van der Waals surface area (Å²) < 4.78 is 0. The van der Waals surface area contributed by atoms with Crippen LogP contribution in [-0.4, -0.2) is 0 Å². The van der Waals surface area contributed by atoms with Crippen molar-refractivity contribution >= 4 is 5.69 Å². The van der Waals surface area contributed by atoms with Crippen LogP contribution in [0.25, 0.3) is 0 Å². The summed E-state index contributed by atoms with van der Waals surface area (Å²) in [4.78, 5) is 0. The summed E-state index contributed by atoms with van der Waals surface area (Å²) in [5.41, 5.74) is 10.4. The fourth-order valence-corrected chi connectivity index (χ4v) is 4.66. The third-order valence-corrected chi connectivity index (χ3v) is 5.26. The monoisotopic (exact) mass is 229 g/mol. The van der Waals surface area contributed by atoms with Gasteiger partial charge in [-0.25, -0.2) is 0 Å². The maximum absolute atomic E-state index is 6.23. The summed E-state index contributed by atoms with van der Waals surface area (Å²) in [6.07, 6.45) is 5.39. The predicted molar refractivity (Wildman–Crippen MR) is 73.1 cm³/mol. The number of rotatable bonds is 2. The van der Waals surface area contributed by atoms with Gasteiger partial charge in [-0.1, -0.05) is 38.8 Å². The molecule has 1 nitrogen and oxygen atoms in total. The molecule has 1 aromatic carbocycles. The van der Waals surface area contributed by atoms with Crippen molar-refractivity contribution in [1.29, 1.82) is 0 Å². The molecule has 0 aliphatic heterocycles. The third-order valence-electron chi connectivity index (χ3n) is 5.26. The second-order valence-corrected chi connectivity index (χ2v) is 5.78. The van der Waals surface area contributed by atoms with Crippen molar-refractivity contribution in [3.8, 4) is 0 Å². The average molecular weight is 229 g/mol. The normalized spacial score (nSPS) is 34.7. The molecule has 3 aliphatic carbocycles. The highest BCUT2D eigenvalue weighted by Crippen LogP contribution is 2.58. The molecule has 0 saturated heterocycles. The molecule has 4 atom stereocenters. The van der Waals surface area contributed by atoms with Gasteiger partial charge in [0.15, 0.2) is 0 Å². The first-order chi connectivity index (χ1) is 8.27. The molecule has 3 aliphatic rings. The van der Waals surface area contributed by atoms with Crippen molar-refractivity contribution in [3.05, 3.63) is 29.3 Å². The summed E-state index contributed by atoms with van der Waals surface area (Å²) in [6, 6.07) is 6.56. The molecule has 1 saturated carbocycles. The first-order valence-electron chi connectivity index (χ1n) is 7.16. The Morgan fingerprint density at radius 2 is 1.71 bits per heavy atom. The highest BCUT2D eigenvalue weighted by Gasteiger charge is 2.45. The van der Waals surface area contributed by atoms with Gasteiger partial charge in [0.2, 0.25) is 0 Å². The number of hydrogen-bond acceptors (Lipinski definition) is 1. The molecule has 0 heterocycles. The molecule has 0 spiro atoms. The number of nitrogen functional groups attached to an aromatic ring is 1.